The van der Waals surface area contributed by atoms with Gasteiger partial charge in [0.15, 0.2) is 0 Å². The molecular weight excluding hydrogens is 371 g/mol. The molecule has 0 aromatic heterocycles. The first-order valence-corrected chi connectivity index (χ1v) is 8.72. The maximum Gasteiger partial charge on any atom is 0.304 e. The van der Waals surface area contributed by atoms with Crippen molar-refractivity contribution < 1.29 is 26.4 Å². The Bertz CT molecular complexity index is 920. The summed E-state index contributed by atoms with van der Waals surface area (Å²) in [5.41, 5.74) is -0.664. The fraction of sp³-hybridized carbons (Fsp3) is 0.188. The summed E-state index contributed by atoms with van der Waals surface area (Å²) in [6.07, 6.45) is 0. The molecule has 2 aromatic rings. The summed E-state index contributed by atoms with van der Waals surface area (Å²) < 4.78 is 66.9. The monoisotopic (exact) mass is 387 g/mol. The van der Waals surface area contributed by atoms with Crippen molar-refractivity contribution in [2.24, 2.45) is 0 Å². The Hall–Kier alpha value is -2.59. The average molecular weight is 387 g/mol. The molecule has 6 nitrogen and oxygen atoms in total. The van der Waals surface area contributed by atoms with Crippen molar-refractivity contribution in [1.82, 2.24) is 4.31 Å². The van der Waals surface area contributed by atoms with Gasteiger partial charge in [0.05, 0.1) is 11.4 Å². The Balaban J connectivity index is 2.32. The maximum absolute atomic E-state index is 14.1. The van der Waals surface area contributed by atoms with Gasteiger partial charge in [-0.3, -0.25) is 4.79 Å². The summed E-state index contributed by atoms with van der Waals surface area (Å²) >= 11 is 0. The van der Waals surface area contributed by atoms with Crippen molar-refractivity contribution in [1.29, 1.82) is 0 Å². The normalized spacial score (nSPS) is 11.5. The SMILES string of the molecule is CN(C)S(=O)(=O)N(CC(=O)Nc1ccc(F)cc1F)c1ccccc1F. The van der Waals surface area contributed by atoms with Crippen LogP contribution in [0, 0.1) is 17.5 Å². The van der Waals surface area contributed by atoms with Gasteiger partial charge in [-0.1, -0.05) is 12.1 Å². The van der Waals surface area contributed by atoms with Gasteiger partial charge in [-0.25, -0.2) is 17.5 Å². The lowest BCUT2D eigenvalue weighted by Gasteiger charge is -2.27. The van der Waals surface area contributed by atoms with Gasteiger partial charge in [0, 0.05) is 20.2 Å². The highest BCUT2D eigenvalue weighted by Crippen LogP contribution is 2.23. The second-order valence-electron chi connectivity index (χ2n) is 5.42. The molecule has 0 atom stereocenters. The summed E-state index contributed by atoms with van der Waals surface area (Å²) in [7, 11) is -1.76. The summed E-state index contributed by atoms with van der Waals surface area (Å²) in [4.78, 5) is 12.2. The van der Waals surface area contributed by atoms with Crippen molar-refractivity contribution in [2.75, 3.05) is 30.3 Å². The molecule has 0 aliphatic rings. The Labute approximate surface area is 149 Å². The fourth-order valence-corrected chi connectivity index (χ4v) is 3.12. The molecule has 0 unspecified atom stereocenters. The van der Waals surface area contributed by atoms with Crippen LogP contribution in [0.3, 0.4) is 0 Å². The van der Waals surface area contributed by atoms with Crippen molar-refractivity contribution in [3.63, 3.8) is 0 Å². The van der Waals surface area contributed by atoms with E-state index in [1.807, 2.05) is 0 Å². The first-order valence-electron chi connectivity index (χ1n) is 7.32. The number of nitrogens with zero attached hydrogens (tertiary/aromatic N) is 2. The number of hydrogen-bond donors (Lipinski definition) is 1. The molecule has 140 valence electrons. The van der Waals surface area contributed by atoms with Crippen molar-refractivity contribution in [3.8, 4) is 0 Å². The van der Waals surface area contributed by atoms with Crippen LogP contribution in [-0.2, 0) is 15.0 Å². The van der Waals surface area contributed by atoms with E-state index >= 15 is 0 Å². The minimum Gasteiger partial charge on any atom is -0.322 e. The molecule has 0 heterocycles. The van der Waals surface area contributed by atoms with E-state index in [9.17, 15) is 26.4 Å². The predicted molar refractivity (Wildman–Crippen MR) is 91.3 cm³/mol. The predicted octanol–water partition coefficient (Wildman–Crippen LogP) is 2.36. The Morgan fingerprint density at radius 1 is 1.04 bits per heavy atom. The number of anilines is 2. The quantitative estimate of drug-likeness (QED) is 0.827. The first kappa shape index (κ1) is 19.7. The number of benzene rings is 2. The number of carbonyl (C=O) groups is 1. The van der Waals surface area contributed by atoms with E-state index in [4.69, 9.17) is 0 Å². The number of halogens is 3. The third-order valence-corrected chi connectivity index (χ3v) is 5.16. The zero-order valence-electron chi connectivity index (χ0n) is 13.9. The Morgan fingerprint density at radius 3 is 2.27 bits per heavy atom. The largest absolute Gasteiger partial charge is 0.322 e. The van der Waals surface area contributed by atoms with E-state index in [1.165, 1.54) is 32.3 Å². The van der Waals surface area contributed by atoms with Crippen LogP contribution >= 0.6 is 0 Å². The van der Waals surface area contributed by atoms with Crippen molar-refractivity contribution in [2.45, 2.75) is 0 Å². The number of amides is 1. The molecule has 10 heteroatoms. The van der Waals surface area contributed by atoms with E-state index in [0.717, 1.165) is 22.5 Å². The molecule has 0 bridgehead atoms. The van der Waals surface area contributed by atoms with Gasteiger partial charge in [-0.2, -0.15) is 12.7 Å². The smallest absolute Gasteiger partial charge is 0.304 e. The number of carbonyl (C=O) groups excluding carboxylic acids is 1. The number of rotatable bonds is 6. The van der Waals surface area contributed by atoms with Gasteiger partial charge in [-0.05, 0) is 24.3 Å². The van der Waals surface area contributed by atoms with Crippen LogP contribution in [0.4, 0.5) is 24.5 Å². The zero-order valence-corrected chi connectivity index (χ0v) is 14.7. The second-order valence-corrected chi connectivity index (χ2v) is 7.49. The summed E-state index contributed by atoms with van der Waals surface area (Å²) in [5.74, 6) is -3.63. The number of para-hydroxylation sites is 1. The Morgan fingerprint density at radius 2 is 1.69 bits per heavy atom. The highest BCUT2D eigenvalue weighted by atomic mass is 32.2. The molecule has 0 aliphatic carbocycles. The van der Waals surface area contributed by atoms with Crippen LogP contribution in [0.25, 0.3) is 0 Å². The van der Waals surface area contributed by atoms with Crippen LogP contribution in [0.15, 0.2) is 42.5 Å². The van der Waals surface area contributed by atoms with Gasteiger partial charge in [0.25, 0.3) is 0 Å². The molecular formula is C16H16F3N3O3S. The van der Waals surface area contributed by atoms with Crippen molar-refractivity contribution in [3.05, 3.63) is 59.9 Å². The molecule has 0 saturated carbocycles. The van der Waals surface area contributed by atoms with E-state index < -0.39 is 40.1 Å². The second kappa shape index (κ2) is 7.75. The van der Waals surface area contributed by atoms with Gasteiger partial charge in [-0.15, -0.1) is 0 Å². The highest BCUT2D eigenvalue weighted by molar-refractivity contribution is 7.90. The lowest BCUT2D eigenvalue weighted by Crippen LogP contribution is -2.44. The standard InChI is InChI=1S/C16H16F3N3O3S/c1-21(2)26(24,25)22(15-6-4-3-5-12(15)18)10-16(23)20-14-8-7-11(17)9-13(14)19/h3-9H,10H2,1-2H3,(H,20,23). The minimum atomic E-state index is -4.21. The summed E-state index contributed by atoms with van der Waals surface area (Å²) in [6.45, 7) is -0.807. The third kappa shape index (κ3) is 4.33. The van der Waals surface area contributed by atoms with Crippen LogP contribution in [-0.4, -0.2) is 39.3 Å². The molecule has 1 N–H and O–H groups in total. The van der Waals surface area contributed by atoms with Gasteiger partial charge in [0.1, 0.15) is 24.0 Å². The molecule has 2 aromatic carbocycles. The van der Waals surface area contributed by atoms with Gasteiger partial charge < -0.3 is 5.32 Å². The summed E-state index contributed by atoms with van der Waals surface area (Å²) in [5, 5.41) is 2.14. The minimum absolute atomic E-state index is 0.327. The third-order valence-electron chi connectivity index (χ3n) is 3.35. The van der Waals surface area contributed by atoms with Gasteiger partial charge >= 0.3 is 10.2 Å². The van der Waals surface area contributed by atoms with Crippen molar-refractivity contribution >= 4 is 27.5 Å². The topological polar surface area (TPSA) is 69.7 Å². The maximum atomic E-state index is 14.1. The lowest BCUT2D eigenvalue weighted by atomic mass is 10.3. The summed E-state index contributed by atoms with van der Waals surface area (Å²) in [6, 6.07) is 7.52. The lowest BCUT2D eigenvalue weighted by molar-refractivity contribution is -0.114. The molecule has 26 heavy (non-hydrogen) atoms. The van der Waals surface area contributed by atoms with Gasteiger partial charge in [0.2, 0.25) is 5.91 Å². The number of nitrogens with one attached hydrogen (secondary N) is 1. The number of hydrogen-bond acceptors (Lipinski definition) is 3. The fourth-order valence-electron chi connectivity index (χ4n) is 2.05. The highest BCUT2D eigenvalue weighted by Gasteiger charge is 2.29. The van der Waals surface area contributed by atoms with E-state index in [-0.39, 0.29) is 11.4 Å². The zero-order chi connectivity index (χ0) is 19.5. The van der Waals surface area contributed by atoms with Crippen LogP contribution in [0.2, 0.25) is 0 Å². The van der Waals surface area contributed by atoms with Crippen LogP contribution < -0.4 is 9.62 Å². The average Bonchev–Trinajstić information content (AvgIpc) is 2.56. The molecule has 0 aliphatic heterocycles. The molecule has 0 spiro atoms. The van der Waals surface area contributed by atoms with E-state index in [0.29, 0.717) is 10.4 Å². The molecule has 0 radical (unpaired) electrons. The Kier molecular flexibility index (Phi) is 5.88. The molecule has 1 amide bonds. The van der Waals surface area contributed by atoms with Crippen LogP contribution in [0.5, 0.6) is 0 Å². The molecule has 2 rings (SSSR count). The molecule has 0 fully saturated rings. The van der Waals surface area contributed by atoms with E-state index in [1.54, 1.807) is 0 Å². The molecule has 0 saturated heterocycles. The first-order chi connectivity index (χ1) is 12.1. The van der Waals surface area contributed by atoms with Crippen LogP contribution in [0.1, 0.15) is 0 Å². The van der Waals surface area contributed by atoms with E-state index in [2.05, 4.69) is 5.32 Å².